The van der Waals surface area contributed by atoms with Crippen molar-refractivity contribution in [1.29, 1.82) is 0 Å². The van der Waals surface area contributed by atoms with Gasteiger partial charge in [-0.15, -0.1) is 6.42 Å². The molecule has 0 N–H and O–H groups in total. The van der Waals surface area contributed by atoms with Crippen molar-refractivity contribution in [2.24, 2.45) is 0 Å². The van der Waals surface area contributed by atoms with E-state index in [4.69, 9.17) is 6.42 Å². The van der Waals surface area contributed by atoms with E-state index in [0.717, 1.165) is 4.48 Å². The molecule has 96 valence electrons. The minimum absolute atomic E-state index is 0. The molecule has 1 unspecified atom stereocenters. The number of halogens is 2. The lowest BCUT2D eigenvalue weighted by Crippen LogP contribution is -3.00. The second-order valence-corrected chi connectivity index (χ2v) is 5.43. The summed E-state index contributed by atoms with van der Waals surface area (Å²) in [5, 5.41) is 0. The highest BCUT2D eigenvalue weighted by Gasteiger charge is 2.31. The highest BCUT2D eigenvalue weighted by Crippen LogP contribution is 2.22. The summed E-state index contributed by atoms with van der Waals surface area (Å²) in [7, 11) is 0. The maximum absolute atomic E-state index is 5.62. The lowest BCUT2D eigenvalue weighted by Gasteiger charge is -2.40. The summed E-state index contributed by atoms with van der Waals surface area (Å²) in [5.74, 6) is 2.94. The quantitative estimate of drug-likeness (QED) is 0.198. The van der Waals surface area contributed by atoms with Gasteiger partial charge in [0.2, 0.25) is 4.05 Å². The molecule has 0 saturated carbocycles. The Kier molecular flexibility index (Phi) is 12.6. The minimum atomic E-state index is 0. The van der Waals surface area contributed by atoms with Gasteiger partial charge in [0.25, 0.3) is 0 Å². The Labute approximate surface area is 122 Å². The van der Waals surface area contributed by atoms with E-state index >= 15 is 0 Å². The van der Waals surface area contributed by atoms with Gasteiger partial charge in [-0.25, -0.2) is 0 Å². The Morgan fingerprint density at radius 2 is 1.56 bits per heavy atom. The fraction of sp³-hybridized carbons (Fsp3) is 0.846. The molecule has 0 amide bonds. The maximum Gasteiger partial charge on any atom is 0.200 e. The summed E-state index contributed by atoms with van der Waals surface area (Å²) >= 11 is 2.44. The Bertz CT molecular complexity index is 195. The highest BCUT2D eigenvalue weighted by molar-refractivity contribution is 14.1. The van der Waals surface area contributed by atoms with Crippen LogP contribution in [0.2, 0.25) is 0 Å². The number of alkyl halides is 1. The predicted octanol–water partition coefficient (Wildman–Crippen LogP) is 0.822. The molecule has 0 aromatic rings. The van der Waals surface area contributed by atoms with Gasteiger partial charge in [0.1, 0.15) is 0 Å². The molecule has 0 heterocycles. The van der Waals surface area contributed by atoms with Crippen LogP contribution >= 0.6 is 22.6 Å². The van der Waals surface area contributed by atoms with Gasteiger partial charge in [-0.05, 0) is 25.2 Å². The van der Waals surface area contributed by atoms with Crippen LogP contribution in [0.1, 0.15) is 46.5 Å². The molecule has 16 heavy (non-hydrogen) atoms. The van der Waals surface area contributed by atoms with Crippen molar-refractivity contribution >= 4 is 22.6 Å². The first-order chi connectivity index (χ1) is 7.16. The van der Waals surface area contributed by atoms with Crippen LogP contribution < -0.4 is 12.4 Å². The molecule has 3 heteroatoms. The molecule has 0 bridgehead atoms. The molecule has 0 rings (SSSR count). The number of quaternary nitrogens is 1. The van der Waals surface area contributed by atoms with E-state index in [1.165, 1.54) is 45.3 Å². The maximum atomic E-state index is 5.62. The normalized spacial score (nSPS) is 12.7. The van der Waals surface area contributed by atoms with Gasteiger partial charge in [0.15, 0.2) is 0 Å². The van der Waals surface area contributed by atoms with Crippen LogP contribution in [-0.4, -0.2) is 28.2 Å². The molecule has 0 fully saturated rings. The monoisotopic (exact) mass is 357 g/mol. The van der Waals surface area contributed by atoms with Crippen molar-refractivity contribution in [3.05, 3.63) is 0 Å². The van der Waals surface area contributed by atoms with Crippen LogP contribution in [0.5, 0.6) is 0 Å². The number of hydrogen-bond acceptors (Lipinski definition) is 0. The molecule has 0 aliphatic rings. The average molecular weight is 358 g/mol. The van der Waals surface area contributed by atoms with Crippen LogP contribution in [0, 0.1) is 12.3 Å². The van der Waals surface area contributed by atoms with Crippen LogP contribution in [0.4, 0.5) is 0 Å². The zero-order valence-corrected chi connectivity index (χ0v) is 13.7. The van der Waals surface area contributed by atoms with Gasteiger partial charge in [0, 0.05) is 22.6 Å². The summed E-state index contributed by atoms with van der Waals surface area (Å²) in [6.07, 6.45) is 10.6. The summed E-state index contributed by atoms with van der Waals surface area (Å²) < 4.78 is 1.46. The lowest BCUT2D eigenvalue weighted by atomic mass is 10.2. The fourth-order valence-electron chi connectivity index (χ4n) is 2.20. The van der Waals surface area contributed by atoms with E-state index in [-0.39, 0.29) is 12.4 Å². The Balaban J connectivity index is 0. The largest absolute Gasteiger partial charge is 1.00 e. The van der Waals surface area contributed by atoms with E-state index in [1.807, 2.05) is 0 Å². The Hall–Kier alpha value is 0.540. The van der Waals surface area contributed by atoms with E-state index < -0.39 is 0 Å². The Morgan fingerprint density at radius 3 is 1.88 bits per heavy atom. The summed E-state index contributed by atoms with van der Waals surface area (Å²) in [6, 6.07) is 0. The first-order valence-electron chi connectivity index (χ1n) is 6.12. The van der Waals surface area contributed by atoms with E-state index in [2.05, 4.69) is 49.3 Å². The van der Waals surface area contributed by atoms with Crippen molar-refractivity contribution < 1.29 is 16.9 Å². The zero-order valence-electron chi connectivity index (χ0n) is 10.8. The number of terminal acetylenes is 1. The molecule has 0 saturated heterocycles. The summed E-state index contributed by atoms with van der Waals surface area (Å²) in [6.45, 7) is 10.5. The van der Waals surface area contributed by atoms with E-state index in [0.29, 0.717) is 4.05 Å². The van der Waals surface area contributed by atoms with E-state index in [1.54, 1.807) is 0 Å². The highest BCUT2D eigenvalue weighted by atomic mass is 127. The van der Waals surface area contributed by atoms with Gasteiger partial charge in [-0.2, -0.15) is 0 Å². The van der Waals surface area contributed by atoms with Gasteiger partial charge in [0.05, 0.1) is 19.6 Å². The van der Waals surface area contributed by atoms with Crippen LogP contribution in [0.3, 0.4) is 0 Å². The van der Waals surface area contributed by atoms with Crippen LogP contribution in [0.15, 0.2) is 0 Å². The molecule has 0 aliphatic carbocycles. The van der Waals surface area contributed by atoms with Crippen molar-refractivity contribution in [3.63, 3.8) is 0 Å². The summed E-state index contributed by atoms with van der Waals surface area (Å²) in [4.78, 5) is 0. The zero-order chi connectivity index (χ0) is 11.7. The third-order valence-electron chi connectivity index (χ3n) is 2.91. The van der Waals surface area contributed by atoms with Gasteiger partial charge >= 0.3 is 0 Å². The first-order valence-corrected chi connectivity index (χ1v) is 7.37. The number of unbranched alkanes of at least 4 members (excludes halogenated alkanes) is 1. The summed E-state index contributed by atoms with van der Waals surface area (Å²) in [5.41, 5.74) is 0. The third-order valence-corrected chi connectivity index (χ3v) is 4.45. The molecule has 0 aromatic heterocycles. The SMILES string of the molecule is C#CC(I)[N+](CCC)(CCC)CCCC.[Cl-]. The second-order valence-electron chi connectivity index (χ2n) is 4.25. The number of nitrogens with zero attached hydrogens (tertiary/aromatic N) is 1. The average Bonchev–Trinajstić information content (AvgIpc) is 2.25. The smallest absolute Gasteiger partial charge is 0.200 e. The first kappa shape index (κ1) is 18.9. The van der Waals surface area contributed by atoms with Crippen molar-refractivity contribution in [3.8, 4) is 12.3 Å². The molecule has 0 aliphatic heterocycles. The Morgan fingerprint density at radius 1 is 1.06 bits per heavy atom. The van der Waals surface area contributed by atoms with Gasteiger partial charge in [-0.3, -0.25) is 0 Å². The molecular formula is C13H25ClIN. The number of rotatable bonds is 8. The molecule has 0 spiro atoms. The fourth-order valence-corrected chi connectivity index (χ4v) is 3.03. The van der Waals surface area contributed by atoms with Gasteiger partial charge in [-0.1, -0.05) is 27.2 Å². The van der Waals surface area contributed by atoms with Crippen LogP contribution in [0.25, 0.3) is 0 Å². The predicted molar refractivity (Wildman–Crippen MR) is 77.0 cm³/mol. The molecular weight excluding hydrogens is 333 g/mol. The molecule has 0 aromatic carbocycles. The van der Waals surface area contributed by atoms with Crippen molar-refractivity contribution in [2.45, 2.75) is 50.5 Å². The van der Waals surface area contributed by atoms with E-state index in [9.17, 15) is 0 Å². The molecule has 0 radical (unpaired) electrons. The van der Waals surface area contributed by atoms with Gasteiger partial charge < -0.3 is 16.9 Å². The lowest BCUT2D eigenvalue weighted by molar-refractivity contribution is -0.927. The molecule has 1 nitrogen and oxygen atoms in total. The van der Waals surface area contributed by atoms with Crippen LogP contribution in [-0.2, 0) is 0 Å². The second kappa shape index (κ2) is 10.7. The minimum Gasteiger partial charge on any atom is -1.00 e. The number of hydrogen-bond donors (Lipinski definition) is 0. The van der Waals surface area contributed by atoms with Crippen molar-refractivity contribution in [2.75, 3.05) is 19.6 Å². The topological polar surface area (TPSA) is 0 Å². The standard InChI is InChI=1S/C13H25IN.ClH/c1-5-9-12-15(10-6-2,11-7-3)13(14)8-4;/h4,13H,5-7,9-12H2,1-3H3;1H/q+1;/p-1. The van der Waals surface area contributed by atoms with Crippen molar-refractivity contribution in [1.82, 2.24) is 0 Å². The molecule has 1 atom stereocenters. The third kappa shape index (κ3) is 5.75.